The first-order valence-electron chi connectivity index (χ1n) is 18.6. The van der Waals surface area contributed by atoms with Crippen LogP contribution in [0.1, 0.15) is 86.5 Å². The molecule has 0 amide bonds. The average molecular weight is 610 g/mol. The van der Waals surface area contributed by atoms with Crippen molar-refractivity contribution in [2.24, 2.45) is 23.7 Å². The Labute approximate surface area is 279 Å². The van der Waals surface area contributed by atoms with Gasteiger partial charge in [-0.25, -0.2) is 0 Å². The maximum atomic E-state index is 2.67. The standard InChI is InChI=1S/C46H43N/c1-2-11-34(12-3-1)47(35-21-22-38-36-13-4-6-16-40(36)45(42(38)29-35)23-8-9-24-45)43-18-10-15-39-37-14-5-7-17-41(37)46(44(39)43)32-20-19-30-25-31(27-32)28-33(46)26-30/h1-7,10-18,21-22,29-33H,8-9,19-20,23-28H2. The Bertz CT molecular complexity index is 2040. The van der Waals surface area contributed by atoms with Crippen molar-refractivity contribution in [1.82, 2.24) is 0 Å². The van der Waals surface area contributed by atoms with Gasteiger partial charge in [0.15, 0.2) is 0 Å². The van der Waals surface area contributed by atoms with Gasteiger partial charge in [-0.2, -0.15) is 0 Å². The molecule has 0 heterocycles. The molecular formula is C46H43N. The van der Waals surface area contributed by atoms with E-state index in [1.165, 1.54) is 104 Å². The van der Waals surface area contributed by atoms with E-state index in [0.29, 0.717) is 0 Å². The van der Waals surface area contributed by atoms with Crippen LogP contribution >= 0.6 is 0 Å². The molecule has 0 aliphatic heterocycles. The summed E-state index contributed by atoms with van der Waals surface area (Å²) in [6.45, 7) is 0. The summed E-state index contributed by atoms with van der Waals surface area (Å²) in [6.07, 6.45) is 13.7. The number of fused-ring (bicyclic) bond motifs is 9. The van der Waals surface area contributed by atoms with Crippen molar-refractivity contribution in [2.75, 3.05) is 4.90 Å². The molecular weight excluding hydrogens is 567 g/mol. The second kappa shape index (κ2) is 9.72. The highest BCUT2D eigenvalue weighted by atomic mass is 15.1. The molecule has 0 aromatic heterocycles. The molecule has 0 saturated heterocycles. The minimum atomic E-state index is 0.0981. The lowest BCUT2D eigenvalue weighted by Crippen LogP contribution is -2.48. The average Bonchev–Trinajstić information content (AvgIpc) is 3.75. The number of hydrogen-bond acceptors (Lipinski definition) is 1. The molecule has 5 saturated carbocycles. The molecule has 5 aromatic rings. The van der Waals surface area contributed by atoms with Gasteiger partial charge in [-0.3, -0.25) is 0 Å². The fourth-order valence-electron chi connectivity index (χ4n) is 12.6. The van der Waals surface area contributed by atoms with E-state index in [4.69, 9.17) is 0 Å². The molecule has 5 aromatic carbocycles. The lowest BCUT2D eigenvalue weighted by molar-refractivity contribution is 0.0621. The molecule has 47 heavy (non-hydrogen) atoms. The maximum Gasteiger partial charge on any atom is 0.0509 e. The van der Waals surface area contributed by atoms with Crippen LogP contribution in [0.25, 0.3) is 22.3 Å². The van der Waals surface area contributed by atoms with Crippen LogP contribution in [0.5, 0.6) is 0 Å². The number of anilines is 3. The Hall–Kier alpha value is -4.10. The Kier molecular flexibility index (Phi) is 5.57. The van der Waals surface area contributed by atoms with E-state index < -0.39 is 0 Å². The fourth-order valence-corrected chi connectivity index (χ4v) is 12.6. The van der Waals surface area contributed by atoms with Crippen LogP contribution in [0, 0.1) is 23.7 Å². The third-order valence-electron chi connectivity index (χ3n) is 14.1. The van der Waals surface area contributed by atoms with Crippen LogP contribution in [0.15, 0.2) is 115 Å². The second-order valence-electron chi connectivity index (χ2n) is 16.0. The lowest BCUT2D eigenvalue weighted by Gasteiger charge is -2.53. The van der Waals surface area contributed by atoms with Crippen LogP contribution in [0.4, 0.5) is 17.1 Å². The molecule has 232 valence electrons. The second-order valence-corrected chi connectivity index (χ2v) is 16.0. The monoisotopic (exact) mass is 609 g/mol. The van der Waals surface area contributed by atoms with Crippen molar-refractivity contribution in [3.8, 4) is 22.3 Å². The van der Waals surface area contributed by atoms with Gasteiger partial charge in [-0.15, -0.1) is 0 Å². The van der Waals surface area contributed by atoms with Crippen molar-refractivity contribution in [3.63, 3.8) is 0 Å². The van der Waals surface area contributed by atoms with E-state index in [2.05, 4.69) is 120 Å². The molecule has 5 fully saturated rings. The van der Waals surface area contributed by atoms with Gasteiger partial charge in [-0.05, 0) is 143 Å². The zero-order chi connectivity index (χ0) is 30.7. The van der Waals surface area contributed by atoms with E-state index in [1.807, 2.05) is 0 Å². The van der Waals surface area contributed by atoms with E-state index in [0.717, 1.165) is 23.7 Å². The van der Waals surface area contributed by atoms with Gasteiger partial charge in [0, 0.05) is 22.2 Å². The van der Waals surface area contributed by atoms with Crippen molar-refractivity contribution >= 4 is 17.1 Å². The summed E-state index contributed by atoms with van der Waals surface area (Å²) < 4.78 is 0. The van der Waals surface area contributed by atoms with Crippen molar-refractivity contribution in [2.45, 2.75) is 75.0 Å². The smallest absolute Gasteiger partial charge is 0.0509 e. The highest BCUT2D eigenvalue weighted by Gasteiger charge is 2.60. The van der Waals surface area contributed by atoms with Gasteiger partial charge < -0.3 is 4.90 Å². The summed E-state index contributed by atoms with van der Waals surface area (Å²) >= 11 is 0. The number of rotatable bonds is 3. The fraction of sp³-hybridized carbons (Fsp3) is 0.348. The number of para-hydroxylation sites is 1. The first-order valence-corrected chi connectivity index (χ1v) is 18.6. The molecule has 5 atom stereocenters. The van der Waals surface area contributed by atoms with E-state index in [1.54, 1.807) is 22.3 Å². The summed E-state index contributed by atoms with van der Waals surface area (Å²) in [5.41, 5.74) is 16.6. The summed E-state index contributed by atoms with van der Waals surface area (Å²) in [5.74, 6) is 3.28. The van der Waals surface area contributed by atoms with Gasteiger partial charge in [0.1, 0.15) is 0 Å². The molecule has 4 bridgehead atoms. The minimum absolute atomic E-state index is 0.0981. The highest BCUT2D eigenvalue weighted by Crippen LogP contribution is 2.69. The van der Waals surface area contributed by atoms with Crippen LogP contribution in [-0.2, 0) is 10.8 Å². The quantitative estimate of drug-likeness (QED) is 0.197. The van der Waals surface area contributed by atoms with Crippen LogP contribution in [0.2, 0.25) is 0 Å². The maximum absolute atomic E-state index is 2.67. The Morgan fingerprint density at radius 1 is 0.489 bits per heavy atom. The first kappa shape index (κ1) is 26.9. The molecule has 7 aliphatic carbocycles. The number of benzene rings is 5. The molecule has 1 nitrogen and oxygen atoms in total. The summed E-state index contributed by atoms with van der Waals surface area (Å²) in [4.78, 5) is 2.67. The van der Waals surface area contributed by atoms with Crippen LogP contribution in [-0.4, -0.2) is 0 Å². The minimum Gasteiger partial charge on any atom is -0.310 e. The molecule has 7 aliphatic rings. The highest BCUT2D eigenvalue weighted by molar-refractivity contribution is 5.92. The summed E-state index contributed by atoms with van der Waals surface area (Å²) in [5, 5.41) is 0. The zero-order valence-corrected chi connectivity index (χ0v) is 27.3. The number of nitrogens with zero attached hydrogens (tertiary/aromatic N) is 1. The van der Waals surface area contributed by atoms with Crippen LogP contribution in [0.3, 0.4) is 0 Å². The van der Waals surface area contributed by atoms with Crippen molar-refractivity contribution in [1.29, 1.82) is 0 Å². The molecule has 5 unspecified atom stereocenters. The van der Waals surface area contributed by atoms with Crippen LogP contribution < -0.4 is 4.90 Å². The Morgan fingerprint density at radius 3 is 2.02 bits per heavy atom. The molecule has 0 N–H and O–H groups in total. The van der Waals surface area contributed by atoms with E-state index in [9.17, 15) is 0 Å². The first-order chi connectivity index (χ1) is 23.3. The summed E-state index contributed by atoms with van der Waals surface area (Å²) in [6, 6.07) is 45.0. The van der Waals surface area contributed by atoms with Gasteiger partial charge in [0.25, 0.3) is 0 Å². The molecule has 2 spiro atoms. The topological polar surface area (TPSA) is 3.24 Å². The summed E-state index contributed by atoms with van der Waals surface area (Å²) in [7, 11) is 0. The Balaban J connectivity index is 1.17. The SMILES string of the molecule is c1ccc(N(c2ccc3c(c2)C2(CCCC2)c2ccccc2-3)c2cccc3c2C2(c4ccccc4-3)C3CCC4CC(C3)CC2C4)cc1. The van der Waals surface area contributed by atoms with Crippen molar-refractivity contribution in [3.05, 3.63) is 138 Å². The predicted octanol–water partition coefficient (Wildman–Crippen LogP) is 12.1. The zero-order valence-electron chi connectivity index (χ0n) is 27.3. The van der Waals surface area contributed by atoms with Gasteiger partial charge in [0.05, 0.1) is 5.69 Å². The van der Waals surface area contributed by atoms with Gasteiger partial charge >= 0.3 is 0 Å². The molecule has 0 radical (unpaired) electrons. The molecule has 1 heteroatoms. The lowest BCUT2D eigenvalue weighted by atomic mass is 9.50. The third-order valence-corrected chi connectivity index (χ3v) is 14.1. The Morgan fingerprint density at radius 2 is 1.17 bits per heavy atom. The van der Waals surface area contributed by atoms with Gasteiger partial charge in [0.2, 0.25) is 0 Å². The third kappa shape index (κ3) is 3.46. The number of hydrogen-bond donors (Lipinski definition) is 0. The van der Waals surface area contributed by atoms with E-state index in [-0.39, 0.29) is 10.8 Å². The van der Waals surface area contributed by atoms with Gasteiger partial charge in [-0.1, -0.05) is 104 Å². The molecule has 12 rings (SSSR count). The predicted molar refractivity (Wildman–Crippen MR) is 194 cm³/mol. The van der Waals surface area contributed by atoms with E-state index >= 15 is 0 Å². The normalized spacial score (nSPS) is 28.3. The largest absolute Gasteiger partial charge is 0.310 e. The van der Waals surface area contributed by atoms with Crippen molar-refractivity contribution < 1.29 is 0 Å².